The first-order valence-corrected chi connectivity index (χ1v) is 51.0. The molecule has 21 atom stereocenters. The Hall–Kier alpha value is -1.36. The van der Waals surface area contributed by atoms with Crippen molar-refractivity contribution in [1.82, 2.24) is 49.4 Å². The van der Waals surface area contributed by atoms with Crippen LogP contribution in [0.25, 0.3) is 0 Å². The second kappa shape index (κ2) is 40.3. The number of carbonyl (C=O) groups is 1. The molecular formula is C110H219F5N12O2. The number of hydrogen-bond acceptors (Lipinski definition) is 13. The van der Waals surface area contributed by atoms with Crippen molar-refractivity contribution in [3.05, 3.63) is 0 Å². The predicted octanol–water partition coefficient (Wildman–Crippen LogP) is 24.5. The van der Waals surface area contributed by atoms with Gasteiger partial charge in [0.2, 0.25) is 5.91 Å². The number of nitrogens with one attached hydrogen (secondary N) is 1. The molecule has 0 bridgehead atoms. The number of methoxy groups -OCH3 is 1. The van der Waals surface area contributed by atoms with E-state index in [1.165, 1.54) is 65.0 Å². The summed E-state index contributed by atoms with van der Waals surface area (Å²) in [4.78, 5) is 33.5. The van der Waals surface area contributed by atoms with E-state index in [2.05, 4.69) is 410 Å². The van der Waals surface area contributed by atoms with Crippen molar-refractivity contribution in [2.75, 3.05) is 80.3 Å². The lowest BCUT2D eigenvalue weighted by atomic mass is 9.80. The number of nitrogens with zero attached hydrogens (tertiary/aromatic N) is 9. The average molecular weight is 1840 g/mol. The number of hydrogen-bond donors (Lipinski definition) is 3. The molecule has 0 aromatic rings. The Kier molecular flexibility index (Phi) is 37.5. The molecule has 8 saturated heterocycles. The fourth-order valence-corrected chi connectivity index (χ4v) is 24.6. The van der Waals surface area contributed by atoms with Crippen LogP contribution in [0.3, 0.4) is 0 Å². The van der Waals surface area contributed by atoms with Crippen molar-refractivity contribution < 1.29 is 31.5 Å². The van der Waals surface area contributed by atoms with Crippen LogP contribution >= 0.6 is 0 Å². The minimum Gasteiger partial charge on any atom is -0.384 e. The van der Waals surface area contributed by atoms with Gasteiger partial charge in [-0.25, -0.2) is 22.0 Å². The lowest BCUT2D eigenvalue weighted by Crippen LogP contribution is -2.56. The molecule has 0 spiro atoms. The van der Waals surface area contributed by atoms with Crippen LogP contribution in [0.4, 0.5) is 22.0 Å². The molecule has 11 rings (SSSR count). The Morgan fingerprint density at radius 2 is 0.729 bits per heavy atom. The van der Waals surface area contributed by atoms with Crippen LogP contribution in [0.2, 0.25) is 0 Å². The second-order valence-corrected chi connectivity index (χ2v) is 60.8. The number of likely N-dealkylation sites (tertiary alicyclic amines) is 8. The van der Waals surface area contributed by atoms with Crippen molar-refractivity contribution in [2.24, 2.45) is 77.0 Å². The molecule has 8 aliphatic heterocycles. The maximum atomic E-state index is 14.4. The maximum absolute atomic E-state index is 14.4. The minimum absolute atomic E-state index is 0.000949. The van der Waals surface area contributed by atoms with Gasteiger partial charge in [0.1, 0.15) is 24.7 Å². The third kappa shape index (κ3) is 31.1. The third-order valence-electron chi connectivity index (χ3n) is 31.1. The molecule has 11 aliphatic rings. The summed E-state index contributed by atoms with van der Waals surface area (Å²) in [6, 6.07) is 5.10. The fourth-order valence-electron chi connectivity index (χ4n) is 24.6. The number of ether oxygens (including phenoxy) is 1. The van der Waals surface area contributed by atoms with Crippen molar-refractivity contribution in [2.45, 2.75) is 557 Å². The van der Waals surface area contributed by atoms with Gasteiger partial charge in [-0.2, -0.15) is 0 Å². The Morgan fingerprint density at radius 1 is 0.403 bits per heavy atom. The number of alkyl halides is 5. The molecule has 11 fully saturated rings. The topological polar surface area (TPSA) is 120 Å². The van der Waals surface area contributed by atoms with E-state index in [0.29, 0.717) is 93.0 Å². The highest BCUT2D eigenvalue weighted by molar-refractivity contribution is 5.73. The van der Waals surface area contributed by atoms with E-state index in [0.717, 1.165) is 48.8 Å². The van der Waals surface area contributed by atoms with E-state index in [4.69, 9.17) is 16.2 Å². The molecule has 766 valence electrons. The number of rotatable bonds is 7. The van der Waals surface area contributed by atoms with E-state index >= 15 is 0 Å². The van der Waals surface area contributed by atoms with E-state index < -0.39 is 36.4 Å². The molecule has 14 nitrogen and oxygen atoms in total. The van der Waals surface area contributed by atoms with Crippen LogP contribution < -0.4 is 16.8 Å². The van der Waals surface area contributed by atoms with Gasteiger partial charge in [0.05, 0.1) is 18.7 Å². The molecule has 3 aliphatic carbocycles. The van der Waals surface area contributed by atoms with Crippen molar-refractivity contribution in [1.29, 1.82) is 0 Å². The summed E-state index contributed by atoms with van der Waals surface area (Å²) in [7, 11) is 6.28. The molecule has 1 amide bonds. The van der Waals surface area contributed by atoms with Gasteiger partial charge >= 0.3 is 0 Å². The van der Waals surface area contributed by atoms with Gasteiger partial charge in [0.25, 0.3) is 0 Å². The number of piperidine rings is 3. The largest absolute Gasteiger partial charge is 0.384 e. The highest BCUT2D eigenvalue weighted by Gasteiger charge is 2.70. The first-order chi connectivity index (χ1) is 56.7. The fraction of sp³-hybridized carbons (Fsp3) is 0.991. The number of halogens is 5. The lowest BCUT2D eigenvalue weighted by Gasteiger charge is -2.45. The van der Waals surface area contributed by atoms with Gasteiger partial charge in [-0.1, -0.05) is 180 Å². The SMILES string of the molecule is CC(=O)N[C@H]1C(C(C)(C)C)N(C(C)(C)C)C[C@@H]1F.CC(C)(C)C1C[C@@]2(C)C[C@H]2N1C(C)(C)C.CC(C)(C)C1C[C@](F)(CF)CN1C(C)(C)C.CC(C)(C)C1C[C@](F)(CN)CN1C(C)(C)C.CC(C)(C)C1[C@H](N)[C@@H](F)CN1C(C)(C)C.CN(C)C[C@@]12CC(C(C)(C)C)N(C(C)(C)C)[C@@H]1C2.COC[C@@]12CC(C(C)(C)C)N(C(C)(C)C)[C@@H]1C2.C[C@H]1CC(C(C)(C)C)N(C(C)(C)C)C1. The summed E-state index contributed by atoms with van der Waals surface area (Å²) < 4.78 is 74.9. The van der Waals surface area contributed by atoms with E-state index in [9.17, 15) is 26.7 Å². The molecule has 129 heavy (non-hydrogen) atoms. The zero-order valence-corrected chi connectivity index (χ0v) is 95.4. The zero-order chi connectivity index (χ0) is 102. The molecule has 5 N–H and O–H groups in total. The zero-order valence-electron chi connectivity index (χ0n) is 95.4. The lowest BCUT2D eigenvalue weighted by molar-refractivity contribution is -0.120. The number of carbonyl (C=O) groups excluding carboxylic acids is 1. The molecule has 8 heterocycles. The maximum Gasteiger partial charge on any atom is 0.217 e. The molecule has 19 heteroatoms. The minimum atomic E-state index is -1.65. The quantitative estimate of drug-likeness (QED) is 0.210. The summed E-state index contributed by atoms with van der Waals surface area (Å²) in [6.07, 6.45) is 8.61. The van der Waals surface area contributed by atoms with E-state index in [1.54, 1.807) is 0 Å². The van der Waals surface area contributed by atoms with Gasteiger partial charge in [-0.15, -0.1) is 0 Å². The van der Waals surface area contributed by atoms with Crippen molar-refractivity contribution in [3.8, 4) is 0 Å². The average Bonchev–Trinajstić information content (AvgIpc) is 1.53. The highest BCUT2D eigenvalue weighted by Crippen LogP contribution is 2.67. The standard InChI is InChI=1S/C16H32N2.C15H29NO.C14H27FN2O.C14H27N.C13H25F2N.C13H27FN2.C13H27N.C12H25FN2/c1-14(2,3)12-9-16(11-17(7)8)10-13(16)18(12)15(4,5)6;1-13(2,3)11-8-15(10-17-7)9-12(15)16(11)14(4,5)6;1-9(18)16-11-10(15)8-17(14(5,6)7)12(11)13(2,3)4;1-12(2,3)10-8-14(7)9-11(14)15(10)13(4,5)6;1-11(2,3)10-7-13(15,8-14)9-16(10)12(4,5)6;1-11(2,3)10-7-13(14,8-15)9-16(10)12(4,5)6;1-10-8-11(12(2,3)4)14(9-10)13(5,6)7;1-11(2,3)10-9(14)8(13)7-15(10)12(4,5)6/h12-13H,9-11H2,1-8H3;11-12H,8-10H2,1-7H3;10-12H,8H2,1-7H3,(H,16,18);10-11H,8-9H2,1-7H3;10H,7-9H2,1-6H3;10H,7-9,15H2,1-6H3;10-11H,8-9H2,1-7H3;8-10H,7,14H2,1-6H3/t12?,13-,16+;11?,12-,15+;10-,11+,12?;10?,11-,14+;2*10?,13-;10-,11?;8-,9+,10?/m11010000/s1. The Bertz CT molecular complexity index is 3340. The van der Waals surface area contributed by atoms with Gasteiger partial charge in [0.15, 0.2) is 5.67 Å². The third-order valence-corrected chi connectivity index (χ3v) is 31.1. The van der Waals surface area contributed by atoms with Crippen LogP contribution in [0.15, 0.2) is 0 Å². The molecule has 3 saturated carbocycles. The Labute approximate surface area is 797 Å². The monoisotopic (exact) mass is 1840 g/mol. The van der Waals surface area contributed by atoms with Crippen LogP contribution in [0.1, 0.15) is 411 Å². The number of amides is 1. The van der Waals surface area contributed by atoms with E-state index in [1.807, 2.05) is 7.11 Å². The summed E-state index contributed by atoms with van der Waals surface area (Å²) in [5.41, 5.74) is 13.0. The first kappa shape index (κ1) is 120. The van der Waals surface area contributed by atoms with Crippen LogP contribution in [-0.2, 0) is 9.53 Å². The van der Waals surface area contributed by atoms with Crippen molar-refractivity contribution in [3.63, 3.8) is 0 Å². The normalized spacial score (nSPS) is 35.1. The number of nitrogens with two attached hydrogens (primary N) is 2. The summed E-state index contributed by atoms with van der Waals surface area (Å²) in [6.45, 7) is 118. The molecule has 8 unspecified atom stereocenters. The first-order valence-electron chi connectivity index (χ1n) is 51.0. The summed E-state index contributed by atoms with van der Waals surface area (Å²) in [5.74, 6) is 0.700. The van der Waals surface area contributed by atoms with Crippen LogP contribution in [0, 0.1) is 65.5 Å². The van der Waals surface area contributed by atoms with E-state index in [-0.39, 0.29) is 98.6 Å². The van der Waals surface area contributed by atoms with Crippen LogP contribution in [0.5, 0.6) is 0 Å². The molecular weight excluding hydrogens is 1620 g/mol. The molecule has 0 radical (unpaired) electrons. The second-order valence-electron chi connectivity index (χ2n) is 60.8. The summed E-state index contributed by atoms with van der Waals surface area (Å²) >= 11 is 0. The highest BCUT2D eigenvalue weighted by atomic mass is 19.2. The molecule has 0 aromatic heterocycles. The Balaban J connectivity index is 0.000000309. The number of fused-ring (bicyclic) bond motifs is 3. The summed E-state index contributed by atoms with van der Waals surface area (Å²) in [5, 5.41) is 2.79. The van der Waals surface area contributed by atoms with Gasteiger partial charge < -0.3 is 26.4 Å². The predicted molar refractivity (Wildman–Crippen MR) is 547 cm³/mol. The molecule has 0 aromatic carbocycles. The van der Waals surface area contributed by atoms with Crippen molar-refractivity contribution >= 4 is 5.91 Å². The van der Waals surface area contributed by atoms with Gasteiger partial charge in [0, 0.05) is 188 Å². The van der Waals surface area contributed by atoms with Gasteiger partial charge in [-0.3, -0.25) is 44.0 Å². The van der Waals surface area contributed by atoms with Crippen LogP contribution in [-0.4, -0.2) is 277 Å². The Morgan fingerprint density at radius 3 is 1.02 bits per heavy atom. The van der Waals surface area contributed by atoms with Gasteiger partial charge in [-0.05, 0) is 286 Å². The smallest absolute Gasteiger partial charge is 0.217 e.